The van der Waals surface area contributed by atoms with Crippen molar-refractivity contribution >= 4 is 34.9 Å². The highest BCUT2D eigenvalue weighted by Gasteiger charge is 2.18. The Labute approximate surface area is 129 Å². The van der Waals surface area contributed by atoms with Gasteiger partial charge in [-0.15, -0.1) is 6.58 Å². The summed E-state index contributed by atoms with van der Waals surface area (Å²) in [5, 5.41) is 1.72. The number of hydrogen-bond acceptors (Lipinski definition) is 2. The van der Waals surface area contributed by atoms with Crippen LogP contribution in [0.3, 0.4) is 0 Å². The Kier molecular flexibility index (Phi) is 3.93. The molecular formula is C17H13BClNO. The number of aromatic nitrogens is 1. The lowest BCUT2D eigenvalue weighted by Crippen LogP contribution is -2.34. The molecule has 0 aliphatic rings. The molecule has 0 fully saturated rings. The van der Waals surface area contributed by atoms with E-state index in [9.17, 15) is 0 Å². The molecule has 2 nitrogen and oxygen atoms in total. The van der Waals surface area contributed by atoms with Crippen LogP contribution in [0.1, 0.15) is 0 Å². The third-order valence-electron chi connectivity index (χ3n) is 3.24. The quantitative estimate of drug-likeness (QED) is 0.681. The minimum atomic E-state index is -0.267. The summed E-state index contributed by atoms with van der Waals surface area (Å²) >= 11 is 6.04. The van der Waals surface area contributed by atoms with Gasteiger partial charge in [0.15, 0.2) is 0 Å². The first-order chi connectivity index (χ1) is 10.3. The van der Waals surface area contributed by atoms with Crippen LogP contribution in [0, 0.1) is 0 Å². The van der Waals surface area contributed by atoms with Crippen molar-refractivity contribution < 1.29 is 4.65 Å². The summed E-state index contributed by atoms with van der Waals surface area (Å²) in [7, 11) is 0. The van der Waals surface area contributed by atoms with Crippen LogP contribution < -0.4 is 10.1 Å². The molecule has 0 spiro atoms. The average molecular weight is 294 g/mol. The molecule has 2 aromatic carbocycles. The van der Waals surface area contributed by atoms with Crippen molar-refractivity contribution in [2.75, 3.05) is 0 Å². The van der Waals surface area contributed by atoms with E-state index in [4.69, 9.17) is 16.3 Å². The van der Waals surface area contributed by atoms with Crippen molar-refractivity contribution in [1.29, 1.82) is 0 Å². The van der Waals surface area contributed by atoms with Crippen molar-refractivity contribution in [1.82, 2.24) is 4.98 Å². The van der Waals surface area contributed by atoms with Gasteiger partial charge in [-0.1, -0.05) is 47.9 Å². The summed E-state index contributed by atoms with van der Waals surface area (Å²) in [5.74, 6) is 2.49. The minimum absolute atomic E-state index is 0.267. The van der Waals surface area contributed by atoms with Gasteiger partial charge in [0.05, 0.1) is 0 Å². The zero-order chi connectivity index (χ0) is 14.7. The fourth-order valence-electron chi connectivity index (χ4n) is 2.24. The minimum Gasteiger partial charge on any atom is -0.550 e. The molecule has 0 atom stereocenters. The first kappa shape index (κ1) is 13.7. The van der Waals surface area contributed by atoms with Crippen molar-refractivity contribution in [2.45, 2.75) is 0 Å². The molecule has 3 aromatic rings. The number of pyridine rings is 1. The van der Waals surface area contributed by atoms with E-state index in [0.717, 1.165) is 22.1 Å². The molecule has 0 amide bonds. The Morgan fingerprint density at radius 1 is 1.10 bits per heavy atom. The average Bonchev–Trinajstić information content (AvgIpc) is 2.52. The monoisotopic (exact) mass is 293 g/mol. The first-order valence-corrected chi connectivity index (χ1v) is 7.04. The van der Waals surface area contributed by atoms with Crippen LogP contribution >= 0.6 is 11.6 Å². The number of rotatable bonds is 4. The highest BCUT2D eigenvalue weighted by molar-refractivity contribution is 6.73. The standard InChI is InChI=1S/C17H13BClNO/c1-2-18(14-8-4-9-15(19)12-14)21-16-10-3-6-13-7-5-11-20-17(13)16/h2-12H,1H2. The smallest absolute Gasteiger partial charge is 0.418 e. The molecule has 21 heavy (non-hydrogen) atoms. The highest BCUT2D eigenvalue weighted by Crippen LogP contribution is 2.23. The lowest BCUT2D eigenvalue weighted by molar-refractivity contribution is 0.596. The van der Waals surface area contributed by atoms with Gasteiger partial charge in [0.2, 0.25) is 0 Å². The number of benzene rings is 2. The SMILES string of the molecule is C=CB(Oc1cccc2cccnc12)c1cccc(Cl)c1. The van der Waals surface area contributed by atoms with E-state index < -0.39 is 0 Å². The maximum absolute atomic E-state index is 6.08. The second kappa shape index (κ2) is 6.02. The van der Waals surface area contributed by atoms with Crippen LogP contribution in [0.25, 0.3) is 10.9 Å². The maximum atomic E-state index is 6.08. The number of hydrogen-bond donors (Lipinski definition) is 0. The summed E-state index contributed by atoms with van der Waals surface area (Å²) in [6.45, 7) is 3.59. The van der Waals surface area contributed by atoms with E-state index in [1.54, 1.807) is 12.2 Å². The Morgan fingerprint density at radius 3 is 2.71 bits per heavy atom. The second-order valence-corrected chi connectivity index (χ2v) is 5.10. The van der Waals surface area contributed by atoms with E-state index >= 15 is 0 Å². The first-order valence-electron chi connectivity index (χ1n) is 6.66. The Morgan fingerprint density at radius 2 is 1.90 bits per heavy atom. The molecule has 4 heteroatoms. The summed E-state index contributed by atoms with van der Waals surface area (Å²) in [4.78, 5) is 4.39. The highest BCUT2D eigenvalue weighted by atomic mass is 35.5. The van der Waals surface area contributed by atoms with Crippen molar-refractivity contribution in [3.63, 3.8) is 0 Å². The second-order valence-electron chi connectivity index (χ2n) is 4.66. The van der Waals surface area contributed by atoms with Crippen LogP contribution in [0.15, 0.2) is 73.3 Å². The van der Waals surface area contributed by atoms with Gasteiger partial charge in [0.25, 0.3) is 0 Å². The Balaban J connectivity index is 1.98. The van der Waals surface area contributed by atoms with E-state index in [2.05, 4.69) is 11.6 Å². The summed E-state index contributed by atoms with van der Waals surface area (Å²) in [6.07, 6.45) is 1.76. The zero-order valence-electron chi connectivity index (χ0n) is 11.4. The van der Waals surface area contributed by atoms with E-state index in [1.165, 1.54) is 0 Å². The van der Waals surface area contributed by atoms with Gasteiger partial charge in [0.1, 0.15) is 11.3 Å². The predicted molar refractivity (Wildman–Crippen MR) is 89.4 cm³/mol. The molecule has 0 aliphatic heterocycles. The molecule has 0 aliphatic carbocycles. The fraction of sp³-hybridized carbons (Fsp3) is 0. The normalized spacial score (nSPS) is 10.3. The van der Waals surface area contributed by atoms with Gasteiger partial charge in [0, 0.05) is 16.6 Å². The zero-order valence-corrected chi connectivity index (χ0v) is 12.1. The summed E-state index contributed by atoms with van der Waals surface area (Å²) in [5.41, 5.74) is 1.80. The van der Waals surface area contributed by atoms with Crippen LogP contribution in [0.5, 0.6) is 5.75 Å². The van der Waals surface area contributed by atoms with Crippen LogP contribution in [0.4, 0.5) is 0 Å². The lowest BCUT2D eigenvalue weighted by Gasteiger charge is -2.14. The van der Waals surface area contributed by atoms with Crippen molar-refractivity contribution in [3.8, 4) is 5.75 Å². The fourth-order valence-corrected chi connectivity index (χ4v) is 2.44. The van der Waals surface area contributed by atoms with E-state index in [-0.39, 0.29) is 6.92 Å². The Bertz CT molecular complexity index is 785. The van der Waals surface area contributed by atoms with Crippen LogP contribution in [-0.4, -0.2) is 11.9 Å². The number of para-hydroxylation sites is 1. The van der Waals surface area contributed by atoms with Gasteiger partial charge in [-0.3, -0.25) is 4.98 Å². The van der Waals surface area contributed by atoms with Gasteiger partial charge < -0.3 is 4.65 Å². The molecule has 1 aromatic heterocycles. The van der Waals surface area contributed by atoms with E-state index in [0.29, 0.717) is 5.02 Å². The molecule has 0 saturated heterocycles. The van der Waals surface area contributed by atoms with Gasteiger partial charge in [-0.2, -0.15) is 0 Å². The topological polar surface area (TPSA) is 22.1 Å². The molecular weight excluding hydrogens is 280 g/mol. The lowest BCUT2D eigenvalue weighted by atomic mass is 9.61. The maximum Gasteiger partial charge on any atom is 0.418 e. The molecule has 102 valence electrons. The van der Waals surface area contributed by atoms with Crippen molar-refractivity contribution in [2.24, 2.45) is 0 Å². The Hall–Kier alpha value is -2.26. The molecule has 0 unspecified atom stereocenters. The van der Waals surface area contributed by atoms with Gasteiger partial charge in [-0.25, -0.2) is 0 Å². The van der Waals surface area contributed by atoms with E-state index in [1.807, 2.05) is 54.6 Å². The van der Waals surface area contributed by atoms with Crippen molar-refractivity contribution in [3.05, 3.63) is 78.4 Å². The summed E-state index contributed by atoms with van der Waals surface area (Å²) in [6, 6.07) is 17.4. The molecule has 0 N–H and O–H groups in total. The van der Waals surface area contributed by atoms with Crippen LogP contribution in [-0.2, 0) is 0 Å². The molecule has 3 rings (SSSR count). The number of fused-ring (bicyclic) bond motifs is 1. The molecule has 0 saturated carbocycles. The third kappa shape index (κ3) is 2.93. The predicted octanol–water partition coefficient (Wildman–Crippen LogP) is 3.89. The number of nitrogens with zero attached hydrogens (tertiary/aromatic N) is 1. The number of halogens is 1. The largest absolute Gasteiger partial charge is 0.550 e. The molecule has 1 heterocycles. The third-order valence-corrected chi connectivity index (χ3v) is 3.48. The molecule has 0 bridgehead atoms. The summed E-state index contributed by atoms with van der Waals surface area (Å²) < 4.78 is 6.08. The van der Waals surface area contributed by atoms with Crippen LogP contribution in [0.2, 0.25) is 5.02 Å². The van der Waals surface area contributed by atoms with Gasteiger partial charge >= 0.3 is 6.92 Å². The molecule has 0 radical (unpaired) electrons. The van der Waals surface area contributed by atoms with Gasteiger partial charge in [-0.05, 0) is 29.7 Å².